The van der Waals surface area contributed by atoms with Crippen molar-refractivity contribution < 1.29 is 17.5 Å². The third-order valence-corrected chi connectivity index (χ3v) is 5.40. The summed E-state index contributed by atoms with van der Waals surface area (Å²) >= 11 is 0. The molecule has 112 valence electrons. The molecular formula is C13H19FN2O3S. The molecule has 0 aromatic heterocycles. The van der Waals surface area contributed by atoms with Gasteiger partial charge in [-0.15, -0.1) is 0 Å². The predicted molar refractivity (Wildman–Crippen MR) is 73.1 cm³/mol. The zero-order valence-corrected chi connectivity index (χ0v) is 12.2. The fraction of sp³-hybridized carbons (Fsp3) is 0.538. The van der Waals surface area contributed by atoms with Gasteiger partial charge in [-0.1, -0.05) is 6.07 Å². The zero-order valence-electron chi connectivity index (χ0n) is 11.4. The Balaban J connectivity index is 2.34. The molecule has 20 heavy (non-hydrogen) atoms. The van der Waals surface area contributed by atoms with Crippen LogP contribution < -0.4 is 5.73 Å². The average Bonchev–Trinajstić information content (AvgIpc) is 2.47. The SMILES string of the molecule is COC1CCCN(S(=O)(=O)c2cc(CN)ccc2F)C1. The van der Waals surface area contributed by atoms with Crippen LogP contribution in [0.25, 0.3) is 0 Å². The second kappa shape index (κ2) is 6.17. The molecule has 0 amide bonds. The Morgan fingerprint density at radius 3 is 2.90 bits per heavy atom. The number of nitrogens with two attached hydrogens (primary N) is 1. The maximum Gasteiger partial charge on any atom is 0.246 e. The van der Waals surface area contributed by atoms with Crippen molar-refractivity contribution in [3.05, 3.63) is 29.6 Å². The van der Waals surface area contributed by atoms with Crippen LogP contribution in [-0.2, 0) is 21.3 Å². The number of halogens is 1. The number of rotatable bonds is 4. The van der Waals surface area contributed by atoms with Crippen LogP contribution in [0.3, 0.4) is 0 Å². The number of sulfonamides is 1. The van der Waals surface area contributed by atoms with Crippen LogP contribution in [-0.4, -0.2) is 39.0 Å². The minimum atomic E-state index is -3.85. The van der Waals surface area contributed by atoms with Gasteiger partial charge in [0.05, 0.1) is 6.10 Å². The fourth-order valence-corrected chi connectivity index (χ4v) is 3.95. The number of nitrogens with zero attached hydrogens (tertiary/aromatic N) is 1. The van der Waals surface area contributed by atoms with E-state index in [-0.39, 0.29) is 24.1 Å². The van der Waals surface area contributed by atoms with Gasteiger partial charge in [-0.3, -0.25) is 0 Å². The number of methoxy groups -OCH3 is 1. The molecular weight excluding hydrogens is 283 g/mol. The number of hydrogen-bond acceptors (Lipinski definition) is 4. The number of piperidine rings is 1. The van der Waals surface area contributed by atoms with Crippen molar-refractivity contribution in [1.82, 2.24) is 4.31 Å². The summed E-state index contributed by atoms with van der Waals surface area (Å²) in [5.74, 6) is -0.748. The lowest BCUT2D eigenvalue weighted by atomic mass is 10.1. The van der Waals surface area contributed by atoms with Gasteiger partial charge in [0.1, 0.15) is 10.7 Å². The van der Waals surface area contributed by atoms with E-state index in [2.05, 4.69) is 0 Å². The van der Waals surface area contributed by atoms with Crippen molar-refractivity contribution in [3.63, 3.8) is 0 Å². The molecule has 2 rings (SSSR count). The highest BCUT2D eigenvalue weighted by atomic mass is 32.2. The van der Waals surface area contributed by atoms with Gasteiger partial charge in [-0.05, 0) is 30.5 Å². The third-order valence-electron chi connectivity index (χ3n) is 3.52. The lowest BCUT2D eigenvalue weighted by Crippen LogP contribution is -2.43. The van der Waals surface area contributed by atoms with Gasteiger partial charge in [-0.25, -0.2) is 12.8 Å². The first-order valence-electron chi connectivity index (χ1n) is 6.50. The molecule has 0 aliphatic carbocycles. The summed E-state index contributed by atoms with van der Waals surface area (Å²) in [6, 6.07) is 3.94. The molecule has 1 atom stereocenters. The maximum atomic E-state index is 13.9. The van der Waals surface area contributed by atoms with Crippen LogP contribution in [0.15, 0.2) is 23.1 Å². The number of ether oxygens (including phenoxy) is 1. The molecule has 0 bridgehead atoms. The van der Waals surface area contributed by atoms with Crippen LogP contribution in [0.4, 0.5) is 4.39 Å². The number of hydrogen-bond donors (Lipinski definition) is 1. The average molecular weight is 302 g/mol. The van der Waals surface area contributed by atoms with E-state index in [4.69, 9.17) is 10.5 Å². The molecule has 0 spiro atoms. The number of benzene rings is 1. The molecule has 1 aliphatic rings. The molecule has 1 aromatic rings. The molecule has 1 fully saturated rings. The van der Waals surface area contributed by atoms with Crippen molar-refractivity contribution in [2.45, 2.75) is 30.4 Å². The van der Waals surface area contributed by atoms with Gasteiger partial charge < -0.3 is 10.5 Å². The summed E-state index contributed by atoms with van der Waals surface area (Å²) in [7, 11) is -2.29. The minimum Gasteiger partial charge on any atom is -0.380 e. The Hall–Kier alpha value is -1.02. The Bertz CT molecular complexity index is 577. The summed E-state index contributed by atoms with van der Waals surface area (Å²) in [4.78, 5) is -0.308. The molecule has 1 aliphatic heterocycles. The summed E-state index contributed by atoms with van der Waals surface area (Å²) in [5, 5.41) is 0. The zero-order chi connectivity index (χ0) is 14.8. The molecule has 2 N–H and O–H groups in total. The van der Waals surface area contributed by atoms with Crippen molar-refractivity contribution >= 4 is 10.0 Å². The first kappa shape index (κ1) is 15.4. The molecule has 0 saturated carbocycles. The highest BCUT2D eigenvalue weighted by Crippen LogP contribution is 2.24. The lowest BCUT2D eigenvalue weighted by molar-refractivity contribution is 0.0571. The highest BCUT2D eigenvalue weighted by Gasteiger charge is 2.32. The molecule has 1 aromatic carbocycles. The van der Waals surface area contributed by atoms with Crippen molar-refractivity contribution in [3.8, 4) is 0 Å². The van der Waals surface area contributed by atoms with E-state index in [1.807, 2.05) is 0 Å². The van der Waals surface area contributed by atoms with Crippen molar-refractivity contribution in [2.24, 2.45) is 5.73 Å². The molecule has 1 heterocycles. The first-order valence-corrected chi connectivity index (χ1v) is 7.94. The largest absolute Gasteiger partial charge is 0.380 e. The van der Waals surface area contributed by atoms with Crippen LogP contribution in [0.2, 0.25) is 0 Å². The van der Waals surface area contributed by atoms with Gasteiger partial charge in [0.25, 0.3) is 0 Å². The van der Waals surface area contributed by atoms with Crippen LogP contribution in [0.1, 0.15) is 18.4 Å². The first-order chi connectivity index (χ1) is 9.48. The Labute approximate surface area is 118 Å². The van der Waals surface area contributed by atoms with Crippen molar-refractivity contribution in [2.75, 3.05) is 20.2 Å². The van der Waals surface area contributed by atoms with E-state index in [0.29, 0.717) is 18.5 Å². The quantitative estimate of drug-likeness (QED) is 0.903. The molecule has 5 nitrogen and oxygen atoms in total. The van der Waals surface area contributed by atoms with Gasteiger partial charge in [0.15, 0.2) is 0 Å². The second-order valence-electron chi connectivity index (χ2n) is 4.83. The highest BCUT2D eigenvalue weighted by molar-refractivity contribution is 7.89. The predicted octanol–water partition coefficient (Wildman–Crippen LogP) is 1.08. The molecule has 1 saturated heterocycles. The van der Waals surface area contributed by atoms with E-state index < -0.39 is 15.8 Å². The van der Waals surface area contributed by atoms with E-state index in [1.54, 1.807) is 7.11 Å². The van der Waals surface area contributed by atoms with Crippen LogP contribution >= 0.6 is 0 Å². The summed E-state index contributed by atoms with van der Waals surface area (Å²) in [6.07, 6.45) is 1.38. The van der Waals surface area contributed by atoms with E-state index in [0.717, 1.165) is 12.5 Å². The van der Waals surface area contributed by atoms with E-state index in [1.165, 1.54) is 16.4 Å². The van der Waals surface area contributed by atoms with Crippen LogP contribution in [0.5, 0.6) is 0 Å². The van der Waals surface area contributed by atoms with Gasteiger partial charge in [-0.2, -0.15) is 4.31 Å². The Morgan fingerprint density at radius 1 is 1.50 bits per heavy atom. The molecule has 7 heteroatoms. The monoisotopic (exact) mass is 302 g/mol. The molecule has 0 radical (unpaired) electrons. The topological polar surface area (TPSA) is 72.6 Å². The van der Waals surface area contributed by atoms with E-state index >= 15 is 0 Å². The normalized spacial score (nSPS) is 21.1. The summed E-state index contributed by atoms with van der Waals surface area (Å²) < 4.78 is 45.4. The fourth-order valence-electron chi connectivity index (χ4n) is 2.33. The standard InChI is InChI=1S/C13H19FN2O3S/c1-19-11-3-2-6-16(9-11)20(17,18)13-7-10(8-15)4-5-12(13)14/h4-5,7,11H,2-3,6,8-9,15H2,1H3. The van der Waals surface area contributed by atoms with Gasteiger partial charge in [0.2, 0.25) is 10.0 Å². The maximum absolute atomic E-state index is 13.9. The minimum absolute atomic E-state index is 0.140. The lowest BCUT2D eigenvalue weighted by Gasteiger charge is -2.31. The Morgan fingerprint density at radius 2 is 2.25 bits per heavy atom. The van der Waals surface area contributed by atoms with Crippen LogP contribution in [0, 0.1) is 5.82 Å². The smallest absolute Gasteiger partial charge is 0.246 e. The van der Waals surface area contributed by atoms with Gasteiger partial charge in [0, 0.05) is 26.7 Å². The Kier molecular flexibility index (Phi) is 4.74. The third kappa shape index (κ3) is 3.01. The summed E-state index contributed by atoms with van der Waals surface area (Å²) in [5.41, 5.74) is 6.07. The van der Waals surface area contributed by atoms with E-state index in [9.17, 15) is 12.8 Å². The van der Waals surface area contributed by atoms with Crippen molar-refractivity contribution in [1.29, 1.82) is 0 Å². The molecule has 1 unspecified atom stereocenters. The van der Waals surface area contributed by atoms with Gasteiger partial charge >= 0.3 is 0 Å². The second-order valence-corrected chi connectivity index (χ2v) is 6.74. The summed E-state index contributed by atoms with van der Waals surface area (Å²) in [6.45, 7) is 0.809.